The molecule has 0 aliphatic carbocycles. The minimum atomic E-state index is -0.456. The molecule has 1 aromatic carbocycles. The van der Waals surface area contributed by atoms with Crippen LogP contribution in [-0.2, 0) is 9.68 Å². The van der Waals surface area contributed by atoms with E-state index in [1.54, 1.807) is 24.3 Å². The number of unbranched alkanes of at least 4 members (excludes halogenated alkanes) is 10. The predicted molar refractivity (Wildman–Crippen MR) is 120 cm³/mol. The maximum absolute atomic E-state index is 12.0. The molecule has 170 valence electrons. The number of benzene rings is 1. The summed E-state index contributed by atoms with van der Waals surface area (Å²) in [6.07, 6.45) is 14.2. The van der Waals surface area contributed by atoms with Crippen LogP contribution < -0.4 is 11.0 Å². The third kappa shape index (κ3) is 12.6. The minimum Gasteiger partial charge on any atom is -0.367 e. The molecular weight excluding hydrogens is 380 g/mol. The Balaban J connectivity index is 2.16. The van der Waals surface area contributed by atoms with Crippen LogP contribution >= 0.6 is 0 Å². The number of nitrogens with one attached hydrogen (secondary N) is 2. The second kappa shape index (κ2) is 17.9. The lowest BCUT2D eigenvalue weighted by atomic mass is 10.1. The number of rotatable bonds is 18. The van der Waals surface area contributed by atoms with Crippen LogP contribution in [0.5, 0.6) is 0 Å². The molecule has 0 bridgehead atoms. The van der Waals surface area contributed by atoms with Gasteiger partial charge in [0.2, 0.25) is 0 Å². The maximum Gasteiger partial charge on any atom is 0.356 e. The van der Waals surface area contributed by atoms with Crippen molar-refractivity contribution in [1.29, 1.82) is 0 Å². The molecule has 1 aromatic rings. The molecule has 0 aliphatic heterocycles. The largest absolute Gasteiger partial charge is 0.367 e. The van der Waals surface area contributed by atoms with Gasteiger partial charge < -0.3 is 9.68 Å². The Morgan fingerprint density at radius 3 is 1.30 bits per heavy atom. The minimum absolute atomic E-state index is 0.391. The van der Waals surface area contributed by atoms with E-state index in [0.717, 1.165) is 25.7 Å². The first kappa shape index (κ1) is 26.1. The summed E-state index contributed by atoms with van der Waals surface area (Å²) >= 11 is 0. The van der Waals surface area contributed by atoms with Crippen molar-refractivity contribution in [2.45, 2.75) is 90.9 Å². The summed E-state index contributed by atoms with van der Waals surface area (Å²) in [6.45, 7) is 5.69. The van der Waals surface area contributed by atoms with Crippen LogP contribution in [0.3, 0.4) is 0 Å². The zero-order chi connectivity index (χ0) is 21.9. The SMILES string of the molecule is CCCCCCCCNOC(=O)c1ccc(C(=O)ONCCCCCCCC)cc1. The van der Waals surface area contributed by atoms with E-state index in [2.05, 4.69) is 24.8 Å². The number of carbonyl (C=O) groups excluding carboxylic acids is 2. The van der Waals surface area contributed by atoms with E-state index < -0.39 is 11.9 Å². The van der Waals surface area contributed by atoms with Crippen molar-refractivity contribution in [2.24, 2.45) is 0 Å². The van der Waals surface area contributed by atoms with E-state index in [4.69, 9.17) is 9.68 Å². The van der Waals surface area contributed by atoms with Crippen molar-refractivity contribution in [3.05, 3.63) is 35.4 Å². The van der Waals surface area contributed by atoms with Gasteiger partial charge in [-0.15, -0.1) is 0 Å². The highest BCUT2D eigenvalue weighted by molar-refractivity contribution is 5.93. The monoisotopic (exact) mass is 420 g/mol. The number of carbonyl (C=O) groups is 2. The number of hydrogen-bond acceptors (Lipinski definition) is 6. The van der Waals surface area contributed by atoms with Crippen molar-refractivity contribution in [3.63, 3.8) is 0 Å². The predicted octanol–water partition coefficient (Wildman–Crippen LogP) is 5.73. The van der Waals surface area contributed by atoms with Gasteiger partial charge in [0.1, 0.15) is 0 Å². The van der Waals surface area contributed by atoms with Crippen molar-refractivity contribution < 1.29 is 19.3 Å². The standard InChI is InChI=1S/C24H40N2O4/c1-3-5-7-9-11-13-19-25-29-23(27)21-15-17-22(18-16-21)24(28)30-26-20-14-12-10-8-6-4-2/h15-18,25-26H,3-14,19-20H2,1-2H3. The molecule has 0 saturated heterocycles. The molecule has 0 radical (unpaired) electrons. The summed E-state index contributed by atoms with van der Waals surface area (Å²) in [6, 6.07) is 6.27. The molecule has 0 fully saturated rings. The molecule has 0 heterocycles. The molecule has 6 heteroatoms. The summed E-state index contributed by atoms with van der Waals surface area (Å²) < 4.78 is 0. The van der Waals surface area contributed by atoms with E-state index in [-0.39, 0.29) is 0 Å². The molecule has 2 N–H and O–H groups in total. The number of hydroxylamine groups is 2. The van der Waals surface area contributed by atoms with Gasteiger partial charge in [-0.3, -0.25) is 0 Å². The van der Waals surface area contributed by atoms with E-state index in [1.165, 1.54) is 51.4 Å². The molecule has 30 heavy (non-hydrogen) atoms. The Bertz CT molecular complexity index is 524. The second-order valence-corrected chi connectivity index (χ2v) is 7.68. The van der Waals surface area contributed by atoms with Gasteiger partial charge in [0.25, 0.3) is 0 Å². The molecule has 0 amide bonds. The molecule has 0 spiro atoms. The Hall–Kier alpha value is -1.92. The molecule has 6 nitrogen and oxygen atoms in total. The Morgan fingerprint density at radius 1 is 0.600 bits per heavy atom. The molecule has 0 aliphatic rings. The fourth-order valence-electron chi connectivity index (χ4n) is 3.05. The van der Waals surface area contributed by atoms with Crippen LogP contribution in [0.25, 0.3) is 0 Å². The highest BCUT2D eigenvalue weighted by Crippen LogP contribution is 2.08. The summed E-state index contributed by atoms with van der Waals surface area (Å²) in [4.78, 5) is 34.2. The fourth-order valence-corrected chi connectivity index (χ4v) is 3.05. The molecule has 1 rings (SSSR count). The number of hydrogen-bond donors (Lipinski definition) is 2. The first-order valence-corrected chi connectivity index (χ1v) is 11.7. The van der Waals surface area contributed by atoms with Gasteiger partial charge in [0.05, 0.1) is 11.1 Å². The van der Waals surface area contributed by atoms with Crippen LogP contribution in [0.1, 0.15) is 112 Å². The Morgan fingerprint density at radius 2 is 0.933 bits per heavy atom. The Kier molecular flexibility index (Phi) is 15.6. The normalized spacial score (nSPS) is 10.7. The molecular formula is C24H40N2O4. The molecule has 0 atom stereocenters. The van der Waals surface area contributed by atoms with Crippen molar-refractivity contribution in [1.82, 2.24) is 11.0 Å². The summed E-state index contributed by atoms with van der Waals surface area (Å²) in [5.74, 6) is -0.913. The van der Waals surface area contributed by atoms with Crippen LogP contribution in [0.15, 0.2) is 24.3 Å². The second-order valence-electron chi connectivity index (χ2n) is 7.68. The Labute approximate surface area is 182 Å². The van der Waals surface area contributed by atoms with Crippen molar-refractivity contribution >= 4 is 11.9 Å². The lowest BCUT2D eigenvalue weighted by Crippen LogP contribution is -2.22. The van der Waals surface area contributed by atoms with Crippen LogP contribution in [0.4, 0.5) is 0 Å². The summed E-state index contributed by atoms with van der Waals surface area (Å²) in [7, 11) is 0. The van der Waals surface area contributed by atoms with Crippen LogP contribution in [0, 0.1) is 0 Å². The lowest BCUT2D eigenvalue weighted by molar-refractivity contribution is 0.0237. The topological polar surface area (TPSA) is 76.7 Å². The van der Waals surface area contributed by atoms with Crippen molar-refractivity contribution in [2.75, 3.05) is 13.1 Å². The van der Waals surface area contributed by atoms with Gasteiger partial charge in [-0.2, -0.15) is 11.0 Å². The molecule has 0 saturated carbocycles. The highest BCUT2D eigenvalue weighted by atomic mass is 16.7. The third-order valence-corrected chi connectivity index (χ3v) is 4.95. The highest BCUT2D eigenvalue weighted by Gasteiger charge is 2.11. The van der Waals surface area contributed by atoms with Gasteiger partial charge in [-0.1, -0.05) is 78.1 Å². The van der Waals surface area contributed by atoms with E-state index in [9.17, 15) is 9.59 Å². The zero-order valence-corrected chi connectivity index (χ0v) is 18.8. The van der Waals surface area contributed by atoms with Crippen molar-refractivity contribution in [3.8, 4) is 0 Å². The quantitative estimate of drug-likeness (QED) is 0.233. The van der Waals surface area contributed by atoms with E-state index >= 15 is 0 Å². The van der Waals surface area contributed by atoms with Gasteiger partial charge in [0, 0.05) is 13.1 Å². The third-order valence-electron chi connectivity index (χ3n) is 4.95. The smallest absolute Gasteiger partial charge is 0.356 e. The van der Waals surface area contributed by atoms with E-state index in [0.29, 0.717) is 24.2 Å². The lowest BCUT2D eigenvalue weighted by Gasteiger charge is -2.07. The van der Waals surface area contributed by atoms with Gasteiger partial charge in [-0.25, -0.2) is 9.59 Å². The first-order valence-electron chi connectivity index (χ1n) is 11.7. The summed E-state index contributed by atoms with van der Waals surface area (Å²) in [5.41, 5.74) is 6.21. The van der Waals surface area contributed by atoms with E-state index in [1.807, 2.05) is 0 Å². The fraction of sp³-hybridized carbons (Fsp3) is 0.667. The summed E-state index contributed by atoms with van der Waals surface area (Å²) in [5, 5.41) is 0. The van der Waals surface area contributed by atoms with Crippen LogP contribution in [0.2, 0.25) is 0 Å². The molecule has 0 aromatic heterocycles. The molecule has 0 unspecified atom stereocenters. The van der Waals surface area contributed by atoms with Gasteiger partial charge >= 0.3 is 11.9 Å². The van der Waals surface area contributed by atoms with Crippen LogP contribution in [-0.4, -0.2) is 25.0 Å². The maximum atomic E-state index is 12.0. The van der Waals surface area contributed by atoms with Gasteiger partial charge in [-0.05, 0) is 37.1 Å². The zero-order valence-electron chi connectivity index (χ0n) is 18.8. The first-order chi connectivity index (χ1) is 14.7. The van der Waals surface area contributed by atoms with Gasteiger partial charge in [0.15, 0.2) is 0 Å². The average molecular weight is 421 g/mol. The average Bonchev–Trinajstić information content (AvgIpc) is 2.77.